The Kier molecular flexibility index (Phi) is 4.10. The minimum absolute atomic E-state index is 0.111. The standard InChI is InChI=1S/C13H16BrFN2O2/c1-13(7-18,8-2-3-8)17-12(19)16-9-4-5-10(14)11(15)6-9/h4-6,8,18H,2-3,7H2,1H3,(H2,16,17,19). The fourth-order valence-corrected chi connectivity index (χ4v) is 2.23. The highest BCUT2D eigenvalue weighted by Gasteiger charge is 2.42. The van der Waals surface area contributed by atoms with E-state index in [0.29, 0.717) is 16.1 Å². The van der Waals surface area contributed by atoms with Crippen molar-refractivity contribution in [2.45, 2.75) is 25.3 Å². The van der Waals surface area contributed by atoms with Crippen molar-refractivity contribution in [1.82, 2.24) is 5.32 Å². The molecule has 0 saturated heterocycles. The molecule has 1 aliphatic rings. The lowest BCUT2D eigenvalue weighted by Gasteiger charge is -2.28. The minimum atomic E-state index is -0.613. The number of urea groups is 1. The monoisotopic (exact) mass is 330 g/mol. The summed E-state index contributed by atoms with van der Waals surface area (Å²) in [7, 11) is 0. The Morgan fingerprint density at radius 2 is 2.26 bits per heavy atom. The molecular formula is C13H16BrFN2O2. The molecule has 3 N–H and O–H groups in total. The van der Waals surface area contributed by atoms with Gasteiger partial charge in [0.05, 0.1) is 16.6 Å². The van der Waals surface area contributed by atoms with Crippen molar-refractivity contribution in [2.24, 2.45) is 5.92 Å². The summed E-state index contributed by atoms with van der Waals surface area (Å²) in [4.78, 5) is 11.8. The van der Waals surface area contributed by atoms with Crippen LogP contribution in [0.1, 0.15) is 19.8 Å². The number of aliphatic hydroxyl groups excluding tert-OH is 1. The van der Waals surface area contributed by atoms with Crippen LogP contribution in [0.2, 0.25) is 0 Å². The molecule has 2 amide bonds. The molecule has 104 valence electrons. The summed E-state index contributed by atoms with van der Waals surface area (Å²) in [5.74, 6) is -0.130. The topological polar surface area (TPSA) is 61.4 Å². The SMILES string of the molecule is CC(CO)(NC(=O)Nc1ccc(Br)c(F)c1)C1CC1. The first-order chi connectivity index (χ1) is 8.94. The van der Waals surface area contributed by atoms with Gasteiger partial charge in [-0.1, -0.05) is 0 Å². The molecule has 19 heavy (non-hydrogen) atoms. The highest BCUT2D eigenvalue weighted by molar-refractivity contribution is 9.10. The van der Waals surface area contributed by atoms with Crippen molar-refractivity contribution in [2.75, 3.05) is 11.9 Å². The Labute approximate surface area is 119 Å². The van der Waals surface area contributed by atoms with Crippen LogP contribution in [0, 0.1) is 11.7 Å². The van der Waals surface area contributed by atoms with Gasteiger partial charge in [-0.2, -0.15) is 0 Å². The lowest BCUT2D eigenvalue weighted by molar-refractivity contribution is 0.159. The second-order valence-corrected chi connectivity index (χ2v) is 5.91. The molecule has 1 aliphatic carbocycles. The number of amides is 2. The van der Waals surface area contributed by atoms with Crippen LogP contribution < -0.4 is 10.6 Å². The molecule has 0 heterocycles. The lowest BCUT2D eigenvalue weighted by Crippen LogP contribution is -2.52. The lowest BCUT2D eigenvalue weighted by atomic mass is 9.97. The number of aliphatic hydroxyl groups is 1. The fraction of sp³-hybridized carbons (Fsp3) is 0.462. The van der Waals surface area contributed by atoms with Crippen molar-refractivity contribution in [3.8, 4) is 0 Å². The maximum Gasteiger partial charge on any atom is 0.319 e. The smallest absolute Gasteiger partial charge is 0.319 e. The normalized spacial score (nSPS) is 17.7. The maximum absolute atomic E-state index is 13.3. The summed E-state index contributed by atoms with van der Waals surface area (Å²) in [6.07, 6.45) is 2.01. The Hall–Kier alpha value is -1.14. The van der Waals surface area contributed by atoms with Gasteiger partial charge >= 0.3 is 6.03 Å². The Bertz CT molecular complexity index is 494. The summed E-state index contributed by atoms with van der Waals surface area (Å²) in [6.45, 7) is 1.70. The van der Waals surface area contributed by atoms with Crippen molar-refractivity contribution in [3.05, 3.63) is 28.5 Å². The number of hydrogen-bond acceptors (Lipinski definition) is 2. The van der Waals surface area contributed by atoms with E-state index in [9.17, 15) is 14.3 Å². The molecule has 0 aliphatic heterocycles. The van der Waals surface area contributed by atoms with Crippen LogP contribution in [0.15, 0.2) is 22.7 Å². The fourth-order valence-electron chi connectivity index (χ4n) is 1.99. The molecule has 4 nitrogen and oxygen atoms in total. The van der Waals surface area contributed by atoms with Crippen molar-refractivity contribution in [3.63, 3.8) is 0 Å². The second kappa shape index (κ2) is 5.46. The quantitative estimate of drug-likeness (QED) is 0.794. The predicted molar refractivity (Wildman–Crippen MR) is 74.5 cm³/mol. The van der Waals surface area contributed by atoms with Gasteiger partial charge < -0.3 is 15.7 Å². The third kappa shape index (κ3) is 3.45. The van der Waals surface area contributed by atoms with Gasteiger partial charge in [0.15, 0.2) is 0 Å². The molecule has 0 spiro atoms. The van der Waals surface area contributed by atoms with Crippen LogP contribution in [-0.2, 0) is 0 Å². The molecule has 6 heteroatoms. The van der Waals surface area contributed by atoms with Crippen LogP contribution in [0.3, 0.4) is 0 Å². The van der Waals surface area contributed by atoms with Gasteiger partial charge in [0.2, 0.25) is 0 Å². The summed E-state index contributed by atoms with van der Waals surface area (Å²) < 4.78 is 13.7. The number of hydrogen-bond donors (Lipinski definition) is 3. The Balaban J connectivity index is 1.98. The molecule has 1 fully saturated rings. The Morgan fingerprint density at radius 3 is 2.79 bits per heavy atom. The van der Waals surface area contributed by atoms with E-state index < -0.39 is 17.4 Å². The zero-order valence-electron chi connectivity index (χ0n) is 10.5. The van der Waals surface area contributed by atoms with Gasteiger partial charge in [-0.3, -0.25) is 0 Å². The largest absolute Gasteiger partial charge is 0.394 e. The third-order valence-electron chi connectivity index (χ3n) is 3.38. The molecule has 1 saturated carbocycles. The van der Waals surface area contributed by atoms with Gasteiger partial charge in [0.1, 0.15) is 5.82 Å². The van der Waals surface area contributed by atoms with E-state index in [1.54, 1.807) is 6.07 Å². The molecule has 0 aromatic heterocycles. The molecular weight excluding hydrogens is 315 g/mol. The van der Waals surface area contributed by atoms with Gasteiger partial charge in [-0.15, -0.1) is 0 Å². The number of rotatable bonds is 4. The molecule has 1 aromatic rings. The molecule has 1 aromatic carbocycles. The van der Waals surface area contributed by atoms with Crippen molar-refractivity contribution < 1.29 is 14.3 Å². The number of carbonyl (C=O) groups excluding carboxylic acids is 1. The van der Waals surface area contributed by atoms with Crippen LogP contribution in [-0.4, -0.2) is 23.3 Å². The molecule has 0 radical (unpaired) electrons. The van der Waals surface area contributed by atoms with Gasteiger partial charge in [-0.05, 0) is 59.8 Å². The minimum Gasteiger partial charge on any atom is -0.394 e. The first-order valence-corrected chi connectivity index (χ1v) is 6.89. The summed E-state index contributed by atoms with van der Waals surface area (Å²) in [5.41, 5.74) is -0.243. The van der Waals surface area contributed by atoms with Crippen molar-refractivity contribution in [1.29, 1.82) is 0 Å². The van der Waals surface area contributed by atoms with Crippen LogP contribution >= 0.6 is 15.9 Å². The van der Waals surface area contributed by atoms with E-state index in [2.05, 4.69) is 26.6 Å². The number of benzene rings is 1. The van der Waals surface area contributed by atoms with Gasteiger partial charge in [-0.25, -0.2) is 9.18 Å². The second-order valence-electron chi connectivity index (χ2n) is 5.06. The predicted octanol–water partition coefficient (Wildman–Crippen LogP) is 2.87. The van der Waals surface area contributed by atoms with Crippen LogP contribution in [0.5, 0.6) is 0 Å². The van der Waals surface area contributed by atoms with Crippen LogP contribution in [0.25, 0.3) is 0 Å². The first-order valence-electron chi connectivity index (χ1n) is 6.10. The van der Waals surface area contributed by atoms with Crippen molar-refractivity contribution >= 4 is 27.6 Å². The van der Waals surface area contributed by atoms with E-state index in [0.717, 1.165) is 12.8 Å². The molecule has 0 bridgehead atoms. The van der Waals surface area contributed by atoms with Gasteiger partial charge in [0, 0.05) is 5.69 Å². The Morgan fingerprint density at radius 1 is 1.58 bits per heavy atom. The zero-order chi connectivity index (χ0) is 14.0. The average Bonchev–Trinajstić information content (AvgIpc) is 3.18. The van der Waals surface area contributed by atoms with E-state index in [-0.39, 0.29) is 6.61 Å². The van der Waals surface area contributed by atoms with E-state index in [4.69, 9.17) is 0 Å². The zero-order valence-corrected chi connectivity index (χ0v) is 12.1. The number of halogens is 2. The molecule has 1 atom stereocenters. The third-order valence-corrected chi connectivity index (χ3v) is 4.03. The molecule has 1 unspecified atom stereocenters. The number of carbonyl (C=O) groups is 1. The summed E-state index contributed by atoms with van der Waals surface area (Å²) in [5, 5.41) is 14.7. The highest BCUT2D eigenvalue weighted by Crippen LogP contribution is 2.39. The average molecular weight is 331 g/mol. The highest BCUT2D eigenvalue weighted by atomic mass is 79.9. The maximum atomic E-state index is 13.3. The first kappa shape index (κ1) is 14.3. The van der Waals surface area contributed by atoms with E-state index in [1.165, 1.54) is 12.1 Å². The summed E-state index contributed by atoms with van der Waals surface area (Å²) >= 11 is 3.05. The van der Waals surface area contributed by atoms with E-state index in [1.807, 2.05) is 6.92 Å². The van der Waals surface area contributed by atoms with Gasteiger partial charge in [0.25, 0.3) is 0 Å². The van der Waals surface area contributed by atoms with E-state index >= 15 is 0 Å². The van der Waals surface area contributed by atoms with Crippen LogP contribution in [0.4, 0.5) is 14.9 Å². The number of anilines is 1. The number of nitrogens with one attached hydrogen (secondary N) is 2. The summed E-state index contributed by atoms with van der Waals surface area (Å²) in [6, 6.07) is 3.92. The molecule has 2 rings (SSSR count).